The van der Waals surface area contributed by atoms with Gasteiger partial charge in [-0.15, -0.1) is 0 Å². The predicted molar refractivity (Wildman–Crippen MR) is 86.5 cm³/mol. The molecular formula is C18H29NO2. The van der Waals surface area contributed by atoms with Crippen molar-refractivity contribution in [2.75, 3.05) is 13.2 Å². The maximum Gasteiger partial charge on any atom is 0.119 e. The lowest BCUT2D eigenvalue weighted by atomic mass is 9.71. The van der Waals surface area contributed by atoms with E-state index in [2.05, 4.69) is 31.3 Å². The Bertz CT molecular complexity index is 429. The van der Waals surface area contributed by atoms with Crippen LogP contribution in [0.4, 0.5) is 0 Å². The molecule has 0 saturated heterocycles. The van der Waals surface area contributed by atoms with Crippen molar-refractivity contribution in [2.24, 2.45) is 5.41 Å². The van der Waals surface area contributed by atoms with E-state index in [-0.39, 0.29) is 0 Å². The molecule has 3 nitrogen and oxygen atoms in total. The number of benzene rings is 1. The van der Waals surface area contributed by atoms with E-state index >= 15 is 0 Å². The van der Waals surface area contributed by atoms with E-state index in [0.29, 0.717) is 18.6 Å². The molecule has 1 fully saturated rings. The second-order valence-electron chi connectivity index (χ2n) is 7.07. The van der Waals surface area contributed by atoms with Gasteiger partial charge in [0, 0.05) is 13.1 Å². The third-order valence-electron chi connectivity index (χ3n) is 4.55. The SMILES string of the molecule is CCOc1ccc(CNCC2(O)CCC(C)(C)CC2)cc1. The third kappa shape index (κ3) is 5.01. The highest BCUT2D eigenvalue weighted by atomic mass is 16.5. The number of hydrogen-bond donors (Lipinski definition) is 2. The molecule has 2 rings (SSSR count). The number of hydrogen-bond acceptors (Lipinski definition) is 3. The lowest BCUT2D eigenvalue weighted by Crippen LogP contribution is -2.44. The normalized spacial score (nSPS) is 20.2. The Morgan fingerprint density at radius 1 is 1.10 bits per heavy atom. The van der Waals surface area contributed by atoms with Crippen molar-refractivity contribution >= 4 is 0 Å². The minimum absolute atomic E-state index is 0.390. The van der Waals surface area contributed by atoms with Crippen molar-refractivity contribution in [2.45, 2.75) is 58.6 Å². The Labute approximate surface area is 128 Å². The molecule has 21 heavy (non-hydrogen) atoms. The number of ether oxygens (including phenoxy) is 1. The van der Waals surface area contributed by atoms with Crippen LogP contribution in [0.1, 0.15) is 52.0 Å². The highest BCUT2D eigenvalue weighted by molar-refractivity contribution is 5.27. The van der Waals surface area contributed by atoms with Crippen molar-refractivity contribution in [3.63, 3.8) is 0 Å². The van der Waals surface area contributed by atoms with E-state index in [9.17, 15) is 5.11 Å². The van der Waals surface area contributed by atoms with Gasteiger partial charge in [0.25, 0.3) is 0 Å². The summed E-state index contributed by atoms with van der Waals surface area (Å²) in [6.45, 7) is 8.73. The van der Waals surface area contributed by atoms with Gasteiger partial charge in [-0.25, -0.2) is 0 Å². The first-order chi connectivity index (χ1) is 9.92. The zero-order valence-corrected chi connectivity index (χ0v) is 13.6. The van der Waals surface area contributed by atoms with Crippen LogP contribution in [-0.2, 0) is 6.54 Å². The molecule has 2 N–H and O–H groups in total. The van der Waals surface area contributed by atoms with Gasteiger partial charge in [-0.1, -0.05) is 26.0 Å². The number of rotatable bonds is 6. The fourth-order valence-electron chi connectivity index (χ4n) is 2.88. The summed E-state index contributed by atoms with van der Waals surface area (Å²) in [7, 11) is 0. The van der Waals surface area contributed by atoms with Gasteiger partial charge in [0.15, 0.2) is 0 Å². The predicted octanol–water partition coefficient (Wildman–Crippen LogP) is 3.51. The van der Waals surface area contributed by atoms with Crippen molar-refractivity contribution in [1.29, 1.82) is 0 Å². The maximum atomic E-state index is 10.6. The first-order valence-corrected chi connectivity index (χ1v) is 8.07. The molecule has 0 aromatic heterocycles. The average molecular weight is 291 g/mol. The quantitative estimate of drug-likeness (QED) is 0.843. The molecule has 1 aliphatic rings. The zero-order valence-electron chi connectivity index (χ0n) is 13.6. The topological polar surface area (TPSA) is 41.5 Å². The van der Waals surface area contributed by atoms with Gasteiger partial charge >= 0.3 is 0 Å². The third-order valence-corrected chi connectivity index (χ3v) is 4.55. The minimum atomic E-state index is -0.527. The van der Waals surface area contributed by atoms with Crippen LogP contribution < -0.4 is 10.1 Å². The van der Waals surface area contributed by atoms with E-state index in [4.69, 9.17) is 4.74 Å². The second kappa shape index (κ2) is 6.80. The van der Waals surface area contributed by atoms with Gasteiger partial charge in [0.1, 0.15) is 5.75 Å². The highest BCUT2D eigenvalue weighted by Crippen LogP contribution is 2.39. The van der Waals surface area contributed by atoms with Gasteiger partial charge in [-0.2, -0.15) is 0 Å². The first-order valence-electron chi connectivity index (χ1n) is 8.07. The Hall–Kier alpha value is -1.06. The monoisotopic (exact) mass is 291 g/mol. The molecule has 3 heteroatoms. The van der Waals surface area contributed by atoms with Gasteiger partial charge in [0.2, 0.25) is 0 Å². The van der Waals surface area contributed by atoms with Crippen molar-refractivity contribution in [3.05, 3.63) is 29.8 Å². The lowest BCUT2D eigenvalue weighted by molar-refractivity contribution is -0.0245. The van der Waals surface area contributed by atoms with Crippen LogP contribution >= 0.6 is 0 Å². The Kier molecular flexibility index (Phi) is 5.28. The van der Waals surface area contributed by atoms with Crippen molar-refractivity contribution in [1.82, 2.24) is 5.32 Å². The summed E-state index contributed by atoms with van der Waals surface area (Å²) in [6.07, 6.45) is 4.01. The van der Waals surface area contributed by atoms with E-state index in [1.807, 2.05) is 19.1 Å². The molecular weight excluding hydrogens is 262 g/mol. The Morgan fingerprint density at radius 3 is 2.29 bits per heavy atom. The van der Waals surface area contributed by atoms with Crippen LogP contribution in [-0.4, -0.2) is 23.9 Å². The van der Waals surface area contributed by atoms with Crippen LogP contribution in [0.2, 0.25) is 0 Å². The molecule has 1 saturated carbocycles. The fraction of sp³-hybridized carbons (Fsp3) is 0.667. The van der Waals surface area contributed by atoms with Crippen LogP contribution in [0.5, 0.6) is 5.75 Å². The maximum absolute atomic E-state index is 10.6. The van der Waals surface area contributed by atoms with Gasteiger partial charge in [-0.05, 0) is 55.7 Å². The van der Waals surface area contributed by atoms with Crippen molar-refractivity contribution in [3.8, 4) is 5.75 Å². The smallest absolute Gasteiger partial charge is 0.119 e. The summed E-state index contributed by atoms with van der Waals surface area (Å²) in [5.41, 5.74) is 1.08. The summed E-state index contributed by atoms with van der Waals surface area (Å²) in [5.74, 6) is 0.911. The van der Waals surface area contributed by atoms with Crippen LogP contribution in [0.25, 0.3) is 0 Å². The van der Waals surface area contributed by atoms with Crippen LogP contribution in [0, 0.1) is 5.41 Å². The van der Waals surface area contributed by atoms with Gasteiger partial charge < -0.3 is 15.2 Å². The van der Waals surface area contributed by atoms with Crippen LogP contribution in [0.15, 0.2) is 24.3 Å². The summed E-state index contributed by atoms with van der Waals surface area (Å²) < 4.78 is 5.44. The van der Waals surface area contributed by atoms with E-state index in [1.54, 1.807) is 0 Å². The van der Waals surface area contributed by atoms with E-state index < -0.39 is 5.60 Å². The van der Waals surface area contributed by atoms with E-state index in [1.165, 1.54) is 5.56 Å². The second-order valence-corrected chi connectivity index (χ2v) is 7.07. The average Bonchev–Trinajstić information content (AvgIpc) is 2.45. The molecule has 0 aliphatic heterocycles. The zero-order chi connectivity index (χ0) is 15.3. The molecule has 1 aromatic rings. The fourth-order valence-corrected chi connectivity index (χ4v) is 2.88. The molecule has 0 spiro atoms. The molecule has 0 bridgehead atoms. The Morgan fingerprint density at radius 2 is 1.71 bits per heavy atom. The highest BCUT2D eigenvalue weighted by Gasteiger charge is 2.36. The standard InChI is InChI=1S/C18H29NO2/c1-4-21-16-7-5-15(6-8-16)13-19-14-18(20)11-9-17(2,3)10-12-18/h5-8,19-20H,4,9-14H2,1-3H3. The molecule has 0 unspecified atom stereocenters. The molecule has 1 aromatic carbocycles. The molecule has 118 valence electrons. The van der Waals surface area contributed by atoms with Crippen molar-refractivity contribution < 1.29 is 9.84 Å². The molecule has 0 atom stereocenters. The summed E-state index contributed by atoms with van der Waals surface area (Å²) in [6, 6.07) is 8.15. The largest absolute Gasteiger partial charge is 0.494 e. The Balaban J connectivity index is 1.76. The molecule has 0 amide bonds. The molecule has 0 radical (unpaired) electrons. The van der Waals surface area contributed by atoms with E-state index in [0.717, 1.165) is 38.0 Å². The van der Waals surface area contributed by atoms with Crippen LogP contribution in [0.3, 0.4) is 0 Å². The summed E-state index contributed by atoms with van der Waals surface area (Å²) in [5, 5.41) is 14.0. The number of nitrogens with one attached hydrogen (secondary N) is 1. The van der Waals surface area contributed by atoms with Gasteiger partial charge in [0.05, 0.1) is 12.2 Å². The van der Waals surface area contributed by atoms with Gasteiger partial charge in [-0.3, -0.25) is 0 Å². The first kappa shape index (κ1) is 16.3. The lowest BCUT2D eigenvalue weighted by Gasteiger charge is -2.40. The molecule has 1 aliphatic carbocycles. The molecule has 0 heterocycles. The summed E-state index contributed by atoms with van der Waals surface area (Å²) in [4.78, 5) is 0. The number of aliphatic hydroxyl groups is 1. The summed E-state index contributed by atoms with van der Waals surface area (Å²) >= 11 is 0. The minimum Gasteiger partial charge on any atom is -0.494 e.